The number of nitrogens with one attached hydrogen (secondary N) is 2. The number of hydrogen-bond acceptors (Lipinski definition) is 6. The number of nitrogens with zero attached hydrogens (tertiary/aromatic N) is 3. The molecular formula is C25H22ClN5O2. The summed E-state index contributed by atoms with van der Waals surface area (Å²) in [5.41, 5.74) is 4.80. The van der Waals surface area contributed by atoms with E-state index in [0.29, 0.717) is 28.1 Å². The van der Waals surface area contributed by atoms with Gasteiger partial charge in [-0.05, 0) is 67.4 Å². The van der Waals surface area contributed by atoms with Crippen molar-refractivity contribution in [2.75, 3.05) is 17.2 Å². The Morgan fingerprint density at radius 2 is 1.91 bits per heavy atom. The van der Waals surface area contributed by atoms with Crippen LogP contribution in [0.5, 0.6) is 5.75 Å². The lowest BCUT2D eigenvalue weighted by atomic mass is 10.2. The van der Waals surface area contributed by atoms with E-state index in [1.54, 1.807) is 30.7 Å². The van der Waals surface area contributed by atoms with Crippen LogP contribution in [0.2, 0.25) is 5.02 Å². The first-order valence-corrected chi connectivity index (χ1v) is 10.7. The SMILES string of the molecule is Cc1ccc(NC(=O)COc2cc(Cl)ccc2C)c(Nc2nccc(-c3cccnc3)n2)c1. The third-order valence-corrected chi connectivity index (χ3v) is 5.05. The van der Waals surface area contributed by atoms with Gasteiger partial charge in [-0.15, -0.1) is 0 Å². The van der Waals surface area contributed by atoms with Crippen molar-refractivity contribution < 1.29 is 9.53 Å². The predicted molar refractivity (Wildman–Crippen MR) is 130 cm³/mol. The highest BCUT2D eigenvalue weighted by atomic mass is 35.5. The highest BCUT2D eigenvalue weighted by molar-refractivity contribution is 6.30. The number of anilines is 3. The number of amides is 1. The minimum absolute atomic E-state index is 0.151. The van der Waals surface area contributed by atoms with Crippen molar-refractivity contribution in [2.24, 2.45) is 0 Å². The topological polar surface area (TPSA) is 89.0 Å². The molecule has 0 aliphatic carbocycles. The second-order valence-electron chi connectivity index (χ2n) is 7.43. The van der Waals surface area contributed by atoms with Crippen LogP contribution in [-0.2, 0) is 4.79 Å². The summed E-state index contributed by atoms with van der Waals surface area (Å²) in [7, 11) is 0. The number of halogens is 1. The van der Waals surface area contributed by atoms with E-state index in [-0.39, 0.29) is 12.5 Å². The average Bonchev–Trinajstić information content (AvgIpc) is 2.82. The first-order valence-electron chi connectivity index (χ1n) is 10.3. The summed E-state index contributed by atoms with van der Waals surface area (Å²) >= 11 is 6.02. The molecule has 0 aliphatic rings. The lowest BCUT2D eigenvalue weighted by Crippen LogP contribution is -2.21. The fourth-order valence-corrected chi connectivity index (χ4v) is 3.31. The Bertz CT molecular complexity index is 1280. The van der Waals surface area contributed by atoms with E-state index in [9.17, 15) is 4.79 Å². The minimum Gasteiger partial charge on any atom is -0.483 e. The van der Waals surface area contributed by atoms with Gasteiger partial charge in [0.1, 0.15) is 5.75 Å². The second-order valence-corrected chi connectivity index (χ2v) is 7.86. The van der Waals surface area contributed by atoms with Crippen molar-refractivity contribution in [3.63, 3.8) is 0 Å². The molecule has 0 bridgehead atoms. The van der Waals surface area contributed by atoms with E-state index in [1.807, 2.05) is 56.3 Å². The Hall–Kier alpha value is -3.97. The van der Waals surface area contributed by atoms with E-state index < -0.39 is 0 Å². The van der Waals surface area contributed by atoms with Crippen LogP contribution in [0.4, 0.5) is 17.3 Å². The smallest absolute Gasteiger partial charge is 0.262 e. The number of aromatic nitrogens is 3. The summed E-state index contributed by atoms with van der Waals surface area (Å²) in [4.78, 5) is 25.6. The molecule has 8 heteroatoms. The van der Waals surface area contributed by atoms with Gasteiger partial charge in [0, 0.05) is 29.2 Å². The molecule has 2 aromatic heterocycles. The number of pyridine rings is 1. The van der Waals surface area contributed by atoms with Crippen LogP contribution in [0.3, 0.4) is 0 Å². The molecule has 0 saturated heterocycles. The molecule has 33 heavy (non-hydrogen) atoms. The number of hydrogen-bond donors (Lipinski definition) is 2. The first-order chi connectivity index (χ1) is 16.0. The molecule has 166 valence electrons. The highest BCUT2D eigenvalue weighted by Gasteiger charge is 2.11. The summed E-state index contributed by atoms with van der Waals surface area (Å²) < 4.78 is 5.65. The number of carbonyl (C=O) groups excluding carboxylic acids is 1. The molecular weight excluding hydrogens is 438 g/mol. The van der Waals surface area contributed by atoms with Gasteiger partial charge in [-0.2, -0.15) is 0 Å². The Kier molecular flexibility index (Phi) is 6.80. The molecule has 0 unspecified atom stereocenters. The van der Waals surface area contributed by atoms with Gasteiger partial charge in [-0.3, -0.25) is 9.78 Å². The van der Waals surface area contributed by atoms with Crippen molar-refractivity contribution in [3.05, 3.63) is 89.3 Å². The predicted octanol–water partition coefficient (Wildman–Crippen LogP) is 5.57. The zero-order valence-electron chi connectivity index (χ0n) is 18.2. The fraction of sp³-hybridized carbons (Fsp3) is 0.120. The molecule has 0 fully saturated rings. The van der Waals surface area contributed by atoms with Crippen molar-refractivity contribution in [2.45, 2.75) is 13.8 Å². The van der Waals surface area contributed by atoms with Crippen molar-refractivity contribution >= 4 is 34.8 Å². The largest absolute Gasteiger partial charge is 0.483 e. The number of benzene rings is 2. The van der Waals surface area contributed by atoms with E-state index in [4.69, 9.17) is 16.3 Å². The molecule has 2 aromatic carbocycles. The Morgan fingerprint density at radius 1 is 1.03 bits per heavy atom. The Morgan fingerprint density at radius 3 is 2.73 bits per heavy atom. The zero-order chi connectivity index (χ0) is 23.2. The zero-order valence-corrected chi connectivity index (χ0v) is 18.9. The summed E-state index contributed by atoms with van der Waals surface area (Å²) in [6.07, 6.45) is 5.13. The van der Waals surface area contributed by atoms with Gasteiger partial charge in [0.25, 0.3) is 5.91 Å². The van der Waals surface area contributed by atoms with Crippen LogP contribution in [0.15, 0.2) is 73.2 Å². The molecule has 7 nitrogen and oxygen atoms in total. The van der Waals surface area contributed by atoms with Crippen LogP contribution in [0.25, 0.3) is 11.3 Å². The van der Waals surface area contributed by atoms with E-state index in [0.717, 1.165) is 22.4 Å². The summed E-state index contributed by atoms with van der Waals surface area (Å²) in [6.45, 7) is 3.71. The lowest BCUT2D eigenvalue weighted by Gasteiger charge is -2.14. The monoisotopic (exact) mass is 459 g/mol. The fourth-order valence-electron chi connectivity index (χ4n) is 3.14. The number of ether oxygens (including phenoxy) is 1. The number of aryl methyl sites for hydroxylation is 2. The number of rotatable bonds is 7. The van der Waals surface area contributed by atoms with Crippen LogP contribution in [0.1, 0.15) is 11.1 Å². The third-order valence-electron chi connectivity index (χ3n) is 4.82. The molecule has 2 N–H and O–H groups in total. The van der Waals surface area contributed by atoms with Crippen LogP contribution in [-0.4, -0.2) is 27.5 Å². The van der Waals surface area contributed by atoms with E-state index in [2.05, 4.69) is 25.6 Å². The standard InChI is InChI=1S/C25H22ClN5O2/c1-16-5-8-21(29-24(32)15-33-23-13-19(26)7-6-17(23)2)22(12-16)31-25-28-11-9-20(30-25)18-4-3-10-27-14-18/h3-14H,15H2,1-2H3,(H,29,32)(H,28,30,31). The highest BCUT2D eigenvalue weighted by Crippen LogP contribution is 2.27. The maximum atomic E-state index is 12.6. The molecule has 4 rings (SSSR count). The number of carbonyl (C=O) groups is 1. The summed E-state index contributed by atoms with van der Waals surface area (Å²) in [5, 5.41) is 6.64. The first kappa shape index (κ1) is 22.2. The van der Waals surface area contributed by atoms with Crippen LogP contribution < -0.4 is 15.4 Å². The molecule has 0 saturated carbocycles. The quantitative estimate of drug-likeness (QED) is 0.375. The molecule has 1 amide bonds. The normalized spacial score (nSPS) is 10.5. The van der Waals surface area contributed by atoms with Gasteiger partial charge in [-0.25, -0.2) is 9.97 Å². The second kappa shape index (κ2) is 10.1. The molecule has 0 spiro atoms. The third kappa shape index (κ3) is 5.84. The molecule has 0 radical (unpaired) electrons. The van der Waals surface area contributed by atoms with Gasteiger partial charge in [0.2, 0.25) is 5.95 Å². The minimum atomic E-state index is -0.300. The summed E-state index contributed by atoms with van der Waals surface area (Å²) in [6, 6.07) is 16.6. The maximum Gasteiger partial charge on any atom is 0.262 e. The van der Waals surface area contributed by atoms with Gasteiger partial charge >= 0.3 is 0 Å². The Balaban J connectivity index is 1.49. The maximum absolute atomic E-state index is 12.6. The van der Waals surface area contributed by atoms with Crippen molar-refractivity contribution in [3.8, 4) is 17.0 Å². The van der Waals surface area contributed by atoms with E-state index in [1.165, 1.54) is 0 Å². The van der Waals surface area contributed by atoms with Gasteiger partial charge in [-0.1, -0.05) is 23.7 Å². The molecule has 4 aromatic rings. The summed E-state index contributed by atoms with van der Waals surface area (Å²) in [5.74, 6) is 0.676. The Labute approximate surface area is 196 Å². The molecule has 2 heterocycles. The van der Waals surface area contributed by atoms with Crippen molar-refractivity contribution in [1.82, 2.24) is 15.0 Å². The molecule has 0 atom stereocenters. The van der Waals surface area contributed by atoms with Crippen LogP contribution in [0, 0.1) is 13.8 Å². The average molecular weight is 460 g/mol. The lowest BCUT2D eigenvalue weighted by molar-refractivity contribution is -0.118. The van der Waals surface area contributed by atoms with Gasteiger partial charge in [0.15, 0.2) is 6.61 Å². The van der Waals surface area contributed by atoms with Crippen molar-refractivity contribution in [1.29, 1.82) is 0 Å². The van der Waals surface area contributed by atoms with Gasteiger partial charge in [0.05, 0.1) is 17.1 Å². The van der Waals surface area contributed by atoms with E-state index >= 15 is 0 Å². The molecule has 0 aliphatic heterocycles. The van der Waals surface area contributed by atoms with Crippen LogP contribution >= 0.6 is 11.6 Å². The van der Waals surface area contributed by atoms with Gasteiger partial charge < -0.3 is 15.4 Å².